The largest absolute Gasteiger partial charge is 0.388 e. The molecule has 6 nitrogen and oxygen atoms in total. The van der Waals surface area contributed by atoms with Gasteiger partial charge in [-0.25, -0.2) is 9.78 Å². The first-order valence-corrected chi connectivity index (χ1v) is 8.58. The van der Waals surface area contributed by atoms with Crippen molar-refractivity contribution in [1.82, 2.24) is 20.2 Å². The van der Waals surface area contributed by atoms with Gasteiger partial charge in [0.15, 0.2) is 0 Å². The fourth-order valence-electron chi connectivity index (χ4n) is 2.58. The lowest BCUT2D eigenvalue weighted by molar-refractivity contribution is 0.00791. The highest BCUT2D eigenvalue weighted by Crippen LogP contribution is 2.18. The number of fused-ring (bicyclic) bond motifs is 1. The summed E-state index contributed by atoms with van der Waals surface area (Å²) < 4.78 is 2.09. The summed E-state index contributed by atoms with van der Waals surface area (Å²) in [7, 11) is 0. The Balaban J connectivity index is 1.70. The minimum atomic E-state index is -0.887. The first kappa shape index (κ1) is 18.3. The molecule has 3 N–H and O–H groups in total. The molecule has 0 aliphatic heterocycles. The SMILES string of the molecule is CCC(C)C(C)(O)CNC(=O)NCCCn1cnc2ccccc21. The first-order chi connectivity index (χ1) is 11.4. The van der Waals surface area contributed by atoms with E-state index in [0.29, 0.717) is 6.54 Å². The van der Waals surface area contributed by atoms with Crippen LogP contribution in [0.5, 0.6) is 0 Å². The molecule has 0 fully saturated rings. The lowest BCUT2D eigenvalue weighted by Crippen LogP contribution is -2.48. The molecule has 0 saturated carbocycles. The third-order valence-corrected chi connectivity index (χ3v) is 4.67. The molecule has 2 atom stereocenters. The summed E-state index contributed by atoms with van der Waals surface area (Å²) in [6.07, 6.45) is 3.51. The molecule has 2 unspecified atom stereocenters. The lowest BCUT2D eigenvalue weighted by Gasteiger charge is -2.29. The van der Waals surface area contributed by atoms with E-state index in [1.807, 2.05) is 44.4 Å². The van der Waals surface area contributed by atoms with E-state index in [0.717, 1.165) is 30.4 Å². The zero-order valence-electron chi connectivity index (χ0n) is 14.7. The van der Waals surface area contributed by atoms with Crippen LogP contribution in [0.3, 0.4) is 0 Å². The fourth-order valence-corrected chi connectivity index (χ4v) is 2.58. The van der Waals surface area contributed by atoms with Crippen LogP contribution in [0, 0.1) is 5.92 Å². The van der Waals surface area contributed by atoms with Gasteiger partial charge in [-0.05, 0) is 31.4 Å². The monoisotopic (exact) mass is 332 g/mol. The third kappa shape index (κ3) is 4.71. The zero-order chi connectivity index (χ0) is 17.6. The summed E-state index contributed by atoms with van der Waals surface area (Å²) in [6.45, 7) is 7.38. The van der Waals surface area contributed by atoms with Gasteiger partial charge >= 0.3 is 6.03 Å². The normalized spacial score (nSPS) is 15.0. The molecule has 0 bridgehead atoms. The fraction of sp³-hybridized carbons (Fsp3) is 0.556. The van der Waals surface area contributed by atoms with E-state index in [9.17, 15) is 9.90 Å². The number of rotatable bonds is 8. The van der Waals surface area contributed by atoms with Gasteiger partial charge in [-0.1, -0.05) is 32.4 Å². The summed E-state index contributed by atoms with van der Waals surface area (Å²) in [4.78, 5) is 16.2. The van der Waals surface area contributed by atoms with Crippen LogP contribution in [0.1, 0.15) is 33.6 Å². The first-order valence-electron chi connectivity index (χ1n) is 8.58. The van der Waals surface area contributed by atoms with Crippen molar-refractivity contribution >= 4 is 17.1 Å². The molecule has 2 aromatic rings. The molecular formula is C18H28N4O2. The number of nitrogens with one attached hydrogen (secondary N) is 2. The second-order valence-corrected chi connectivity index (χ2v) is 6.56. The predicted molar refractivity (Wildman–Crippen MR) is 95.8 cm³/mol. The van der Waals surface area contributed by atoms with E-state index in [2.05, 4.69) is 20.2 Å². The average molecular weight is 332 g/mol. The Labute approximate surface area is 143 Å². The summed E-state index contributed by atoms with van der Waals surface area (Å²) in [5, 5.41) is 15.8. The van der Waals surface area contributed by atoms with Gasteiger partial charge < -0.3 is 20.3 Å². The number of benzene rings is 1. The second-order valence-electron chi connectivity index (χ2n) is 6.56. The van der Waals surface area contributed by atoms with Crippen molar-refractivity contribution in [2.45, 2.75) is 45.8 Å². The van der Waals surface area contributed by atoms with Gasteiger partial charge in [-0.15, -0.1) is 0 Å². The Hall–Kier alpha value is -2.08. The number of nitrogens with zero attached hydrogens (tertiary/aromatic N) is 2. The molecule has 6 heteroatoms. The van der Waals surface area contributed by atoms with E-state index in [-0.39, 0.29) is 18.5 Å². The number of aliphatic hydroxyl groups is 1. The minimum Gasteiger partial charge on any atom is -0.388 e. The molecule has 0 radical (unpaired) electrons. The Morgan fingerprint density at radius 1 is 1.38 bits per heavy atom. The average Bonchev–Trinajstić information content (AvgIpc) is 2.99. The molecule has 0 saturated heterocycles. The molecule has 1 heterocycles. The zero-order valence-corrected chi connectivity index (χ0v) is 14.7. The molecule has 2 amide bonds. The molecular weight excluding hydrogens is 304 g/mol. The Morgan fingerprint density at radius 2 is 2.12 bits per heavy atom. The van der Waals surface area contributed by atoms with Gasteiger partial charge in [0.05, 0.1) is 23.0 Å². The predicted octanol–water partition coefficient (Wildman–Crippen LogP) is 2.52. The van der Waals surface area contributed by atoms with E-state index in [1.165, 1.54) is 0 Å². The number of urea groups is 1. The van der Waals surface area contributed by atoms with Crippen LogP contribution in [-0.4, -0.2) is 39.4 Å². The van der Waals surface area contributed by atoms with E-state index >= 15 is 0 Å². The van der Waals surface area contributed by atoms with Gasteiger partial charge in [0, 0.05) is 19.6 Å². The highest BCUT2D eigenvalue weighted by Gasteiger charge is 2.27. The van der Waals surface area contributed by atoms with Crippen LogP contribution in [0.15, 0.2) is 30.6 Å². The number of imidazole rings is 1. The molecule has 0 spiro atoms. The topological polar surface area (TPSA) is 79.2 Å². The molecule has 2 rings (SSSR count). The molecule has 0 aliphatic rings. The molecule has 0 aliphatic carbocycles. The Morgan fingerprint density at radius 3 is 2.88 bits per heavy atom. The highest BCUT2D eigenvalue weighted by atomic mass is 16.3. The van der Waals surface area contributed by atoms with Gasteiger partial charge in [0.1, 0.15) is 0 Å². The van der Waals surface area contributed by atoms with E-state index in [1.54, 1.807) is 6.92 Å². The summed E-state index contributed by atoms with van der Waals surface area (Å²) in [5.41, 5.74) is 1.20. The molecule has 24 heavy (non-hydrogen) atoms. The third-order valence-electron chi connectivity index (χ3n) is 4.67. The van der Waals surface area contributed by atoms with Crippen molar-refractivity contribution in [3.8, 4) is 0 Å². The van der Waals surface area contributed by atoms with Gasteiger partial charge in [0.25, 0.3) is 0 Å². The molecule has 1 aromatic heterocycles. The molecule has 132 valence electrons. The number of para-hydroxylation sites is 2. The van der Waals surface area contributed by atoms with Crippen molar-refractivity contribution < 1.29 is 9.90 Å². The number of aryl methyl sites for hydroxylation is 1. The van der Waals surface area contributed by atoms with E-state index in [4.69, 9.17) is 0 Å². The van der Waals surface area contributed by atoms with Crippen LogP contribution in [0.4, 0.5) is 4.79 Å². The van der Waals surface area contributed by atoms with E-state index < -0.39 is 5.60 Å². The second kappa shape index (κ2) is 8.15. The number of aromatic nitrogens is 2. The summed E-state index contributed by atoms with van der Waals surface area (Å²) >= 11 is 0. The quantitative estimate of drug-likeness (QED) is 0.650. The van der Waals surface area contributed by atoms with Crippen LogP contribution in [0.2, 0.25) is 0 Å². The van der Waals surface area contributed by atoms with Gasteiger partial charge in [-0.2, -0.15) is 0 Å². The summed E-state index contributed by atoms with van der Waals surface area (Å²) in [6, 6.07) is 7.75. The summed E-state index contributed by atoms with van der Waals surface area (Å²) in [5.74, 6) is 0.132. The van der Waals surface area contributed by atoms with Gasteiger partial charge in [-0.3, -0.25) is 0 Å². The van der Waals surface area contributed by atoms with Crippen LogP contribution in [0.25, 0.3) is 11.0 Å². The maximum Gasteiger partial charge on any atom is 0.314 e. The smallest absolute Gasteiger partial charge is 0.314 e. The Kier molecular flexibility index (Phi) is 6.20. The number of carbonyl (C=O) groups excluding carboxylic acids is 1. The number of amides is 2. The Bertz CT molecular complexity index is 666. The maximum absolute atomic E-state index is 11.8. The van der Waals surface area contributed by atoms with Crippen LogP contribution >= 0.6 is 0 Å². The van der Waals surface area contributed by atoms with Crippen molar-refractivity contribution in [1.29, 1.82) is 0 Å². The van der Waals surface area contributed by atoms with Gasteiger partial charge in [0.2, 0.25) is 0 Å². The lowest BCUT2D eigenvalue weighted by atomic mass is 9.89. The maximum atomic E-state index is 11.8. The van der Waals surface area contributed by atoms with Crippen molar-refractivity contribution in [3.05, 3.63) is 30.6 Å². The van der Waals surface area contributed by atoms with Crippen LogP contribution in [-0.2, 0) is 6.54 Å². The van der Waals surface area contributed by atoms with Crippen molar-refractivity contribution in [2.24, 2.45) is 5.92 Å². The van der Waals surface area contributed by atoms with Crippen molar-refractivity contribution in [2.75, 3.05) is 13.1 Å². The van der Waals surface area contributed by atoms with Crippen molar-refractivity contribution in [3.63, 3.8) is 0 Å². The standard InChI is InChI=1S/C18H28N4O2/c1-4-14(2)18(3,24)12-20-17(23)19-10-7-11-22-13-21-15-8-5-6-9-16(15)22/h5-6,8-9,13-14,24H,4,7,10-12H2,1-3H3,(H2,19,20,23). The number of hydrogen-bond acceptors (Lipinski definition) is 3. The van der Waals surface area contributed by atoms with Crippen LogP contribution < -0.4 is 10.6 Å². The molecule has 1 aromatic carbocycles. The number of carbonyl (C=O) groups is 1. The number of hydrogen-bond donors (Lipinski definition) is 3. The minimum absolute atomic E-state index is 0.132. The highest BCUT2D eigenvalue weighted by molar-refractivity contribution is 5.75.